The van der Waals surface area contributed by atoms with Crippen LogP contribution in [-0.4, -0.2) is 5.78 Å². The predicted molar refractivity (Wildman–Crippen MR) is 55.5 cm³/mol. The van der Waals surface area contributed by atoms with Crippen LogP contribution in [0.1, 0.15) is 23.4 Å². The van der Waals surface area contributed by atoms with Crippen LogP contribution in [0.3, 0.4) is 0 Å². The second-order valence-corrected chi connectivity index (χ2v) is 3.76. The van der Waals surface area contributed by atoms with E-state index in [1.165, 1.54) is 6.92 Å². The number of hydrogen-bond acceptors (Lipinski definition) is 1. The van der Waals surface area contributed by atoms with Gasteiger partial charge in [-0.05, 0) is 18.6 Å². The monoisotopic (exact) mass is 234 g/mol. The zero-order valence-electron chi connectivity index (χ0n) is 7.56. The number of ketones is 1. The third kappa shape index (κ3) is 2.25. The fourth-order valence-corrected chi connectivity index (χ4v) is 1.61. The lowest BCUT2D eigenvalue weighted by Crippen LogP contribution is -2.04. The van der Waals surface area contributed by atoms with Crippen molar-refractivity contribution >= 4 is 29.0 Å². The van der Waals surface area contributed by atoms with E-state index in [4.69, 9.17) is 23.2 Å². The molecule has 0 N–H and O–H groups in total. The molecule has 0 bridgehead atoms. The average molecular weight is 235 g/mol. The number of carbonyl (C=O) groups excluding carboxylic acids is 1. The van der Waals surface area contributed by atoms with Crippen LogP contribution in [0.5, 0.6) is 0 Å². The Balaban J connectivity index is 3.20. The topological polar surface area (TPSA) is 17.1 Å². The third-order valence-corrected chi connectivity index (χ3v) is 2.82. The van der Waals surface area contributed by atoms with Crippen molar-refractivity contribution < 1.29 is 9.18 Å². The highest BCUT2D eigenvalue weighted by Crippen LogP contribution is 2.30. The van der Waals surface area contributed by atoms with Crippen LogP contribution in [0.25, 0.3) is 0 Å². The van der Waals surface area contributed by atoms with Gasteiger partial charge in [0.05, 0.1) is 0 Å². The number of alkyl halides is 2. The number of benzene rings is 1. The molecular weight excluding hydrogens is 226 g/mol. The average Bonchev–Trinajstić information content (AvgIpc) is 2.16. The van der Waals surface area contributed by atoms with Crippen LogP contribution < -0.4 is 0 Å². The molecule has 76 valence electrons. The molecule has 1 rings (SSSR count). The summed E-state index contributed by atoms with van der Waals surface area (Å²) in [5.41, 5.74) is 0.749. The molecule has 0 radical (unpaired) electrons. The largest absolute Gasteiger partial charge is 0.298 e. The zero-order valence-corrected chi connectivity index (χ0v) is 9.07. The second kappa shape index (κ2) is 4.76. The van der Waals surface area contributed by atoms with E-state index in [2.05, 4.69) is 0 Å². The highest BCUT2D eigenvalue weighted by Gasteiger charge is 2.18. The van der Waals surface area contributed by atoms with Gasteiger partial charge in [0.25, 0.3) is 0 Å². The van der Waals surface area contributed by atoms with Crippen molar-refractivity contribution in [3.05, 3.63) is 34.3 Å². The highest BCUT2D eigenvalue weighted by molar-refractivity contribution is 6.33. The number of hydrogen-bond donors (Lipinski definition) is 0. The third-order valence-electron chi connectivity index (χ3n) is 1.92. The predicted octanol–water partition coefficient (Wildman–Crippen LogP) is 3.68. The van der Waals surface area contributed by atoms with Crippen molar-refractivity contribution in [2.24, 2.45) is 0 Å². The number of halogens is 3. The Labute approximate surface area is 91.8 Å². The number of carbonyl (C=O) groups is 1. The van der Waals surface area contributed by atoms with Gasteiger partial charge in [-0.1, -0.05) is 23.7 Å². The standard InChI is InChI=1S/C10H9Cl2FO/c1-6(14)10(12)7-3-2-4-9(11)8(7)5-13/h2-4,10H,5H2,1H3. The van der Waals surface area contributed by atoms with Crippen molar-refractivity contribution in [3.63, 3.8) is 0 Å². The Bertz CT molecular complexity index is 352. The van der Waals surface area contributed by atoms with E-state index >= 15 is 0 Å². The molecule has 1 aromatic carbocycles. The van der Waals surface area contributed by atoms with Crippen LogP contribution in [0.15, 0.2) is 18.2 Å². The quantitative estimate of drug-likeness (QED) is 0.730. The maximum absolute atomic E-state index is 12.6. The van der Waals surface area contributed by atoms with Crippen LogP contribution in [0.2, 0.25) is 5.02 Å². The molecule has 0 heterocycles. The van der Waals surface area contributed by atoms with Gasteiger partial charge in [0.15, 0.2) is 5.78 Å². The smallest absolute Gasteiger partial charge is 0.152 e. The molecule has 0 aliphatic heterocycles. The van der Waals surface area contributed by atoms with Gasteiger partial charge in [-0.2, -0.15) is 0 Å². The van der Waals surface area contributed by atoms with Crippen molar-refractivity contribution in [3.8, 4) is 0 Å². The molecule has 0 saturated heterocycles. The van der Waals surface area contributed by atoms with Gasteiger partial charge in [-0.15, -0.1) is 11.6 Å². The summed E-state index contributed by atoms with van der Waals surface area (Å²) in [6, 6.07) is 4.83. The minimum atomic E-state index is -0.820. The molecule has 1 aromatic rings. The second-order valence-electron chi connectivity index (χ2n) is 2.91. The van der Waals surface area contributed by atoms with E-state index in [1.54, 1.807) is 18.2 Å². The zero-order chi connectivity index (χ0) is 10.7. The van der Waals surface area contributed by atoms with Gasteiger partial charge in [0.2, 0.25) is 0 Å². The van der Waals surface area contributed by atoms with Gasteiger partial charge in [-0.3, -0.25) is 4.79 Å². The summed E-state index contributed by atoms with van der Waals surface area (Å²) in [6.07, 6.45) is 0. The minimum absolute atomic E-state index is 0.219. The Morgan fingerprint density at radius 3 is 2.71 bits per heavy atom. The molecule has 1 unspecified atom stereocenters. The van der Waals surface area contributed by atoms with Crippen molar-refractivity contribution in [1.29, 1.82) is 0 Å². The lowest BCUT2D eigenvalue weighted by atomic mass is 10.0. The Morgan fingerprint density at radius 1 is 1.57 bits per heavy atom. The van der Waals surface area contributed by atoms with E-state index in [9.17, 15) is 9.18 Å². The maximum Gasteiger partial charge on any atom is 0.152 e. The Hall–Kier alpha value is -0.600. The molecule has 0 aliphatic rings. The molecule has 0 spiro atoms. The normalized spacial score (nSPS) is 12.6. The maximum atomic E-state index is 12.6. The van der Waals surface area contributed by atoms with E-state index in [-0.39, 0.29) is 5.78 Å². The van der Waals surface area contributed by atoms with E-state index in [1.807, 2.05) is 0 Å². The molecule has 4 heteroatoms. The highest BCUT2D eigenvalue weighted by atomic mass is 35.5. The summed E-state index contributed by atoms with van der Waals surface area (Å²) >= 11 is 11.6. The summed E-state index contributed by atoms with van der Waals surface area (Å²) in [4.78, 5) is 11.0. The number of rotatable bonds is 3. The lowest BCUT2D eigenvalue weighted by Gasteiger charge is -2.11. The molecule has 0 aliphatic carbocycles. The lowest BCUT2D eigenvalue weighted by molar-refractivity contribution is -0.116. The molecule has 1 atom stereocenters. The van der Waals surface area contributed by atoms with E-state index in [0.29, 0.717) is 16.1 Å². The fraction of sp³-hybridized carbons (Fsp3) is 0.300. The van der Waals surface area contributed by atoms with Crippen molar-refractivity contribution in [2.45, 2.75) is 19.0 Å². The van der Waals surface area contributed by atoms with Gasteiger partial charge in [-0.25, -0.2) is 4.39 Å². The van der Waals surface area contributed by atoms with Crippen LogP contribution in [0.4, 0.5) is 4.39 Å². The van der Waals surface area contributed by atoms with Crippen molar-refractivity contribution in [1.82, 2.24) is 0 Å². The van der Waals surface area contributed by atoms with Crippen LogP contribution >= 0.6 is 23.2 Å². The SMILES string of the molecule is CC(=O)C(Cl)c1cccc(Cl)c1CF. The molecule has 14 heavy (non-hydrogen) atoms. The fourth-order valence-electron chi connectivity index (χ4n) is 1.17. The van der Waals surface area contributed by atoms with Crippen molar-refractivity contribution in [2.75, 3.05) is 0 Å². The van der Waals surface area contributed by atoms with Crippen LogP contribution in [-0.2, 0) is 11.5 Å². The first-order valence-corrected chi connectivity index (χ1v) is 4.87. The van der Waals surface area contributed by atoms with Gasteiger partial charge in [0, 0.05) is 10.6 Å². The first-order chi connectivity index (χ1) is 6.57. The Kier molecular flexibility index (Phi) is 3.90. The molecule has 0 fully saturated rings. The van der Waals surface area contributed by atoms with Crippen LogP contribution in [0, 0.1) is 0 Å². The van der Waals surface area contributed by atoms with Gasteiger partial charge >= 0.3 is 0 Å². The Morgan fingerprint density at radius 2 is 2.21 bits per heavy atom. The minimum Gasteiger partial charge on any atom is -0.298 e. The van der Waals surface area contributed by atoms with E-state index in [0.717, 1.165) is 0 Å². The molecule has 0 saturated carbocycles. The summed E-state index contributed by atoms with van der Waals surface area (Å²) in [5, 5.41) is -0.517. The summed E-state index contributed by atoms with van der Waals surface area (Å²) < 4.78 is 12.6. The number of Topliss-reactive ketones (excluding diaryl/α,β-unsaturated/α-hetero) is 1. The molecule has 0 aromatic heterocycles. The molecule has 1 nitrogen and oxygen atoms in total. The van der Waals surface area contributed by atoms with E-state index < -0.39 is 12.1 Å². The summed E-state index contributed by atoms with van der Waals surface area (Å²) in [7, 11) is 0. The molecule has 0 amide bonds. The summed E-state index contributed by atoms with van der Waals surface area (Å²) in [6.45, 7) is 0.645. The van der Waals surface area contributed by atoms with Gasteiger partial charge < -0.3 is 0 Å². The first kappa shape index (κ1) is 11.5. The van der Waals surface area contributed by atoms with Gasteiger partial charge in [0.1, 0.15) is 12.1 Å². The summed E-state index contributed by atoms with van der Waals surface area (Å²) in [5.74, 6) is -0.219. The first-order valence-electron chi connectivity index (χ1n) is 4.05. The molecular formula is C10H9Cl2FO.